The summed E-state index contributed by atoms with van der Waals surface area (Å²) in [4.78, 5) is 22.9. The number of nitrogens with one attached hydrogen (secondary N) is 2. The molecule has 0 aromatic heterocycles. The number of hydrogen-bond donors (Lipinski definition) is 2. The molecule has 1 saturated carbocycles. The van der Waals surface area contributed by atoms with Crippen LogP contribution in [0.2, 0.25) is 0 Å². The van der Waals surface area contributed by atoms with Crippen LogP contribution in [-0.2, 0) is 9.59 Å². The number of amides is 2. The van der Waals surface area contributed by atoms with Crippen LogP contribution in [-0.4, -0.2) is 24.9 Å². The molecule has 2 amide bonds. The number of nitrogens with zero attached hydrogens (tertiary/aromatic N) is 1. The highest BCUT2D eigenvalue weighted by Crippen LogP contribution is 2.44. The van der Waals surface area contributed by atoms with Crippen molar-refractivity contribution in [3.8, 4) is 6.07 Å². The molecule has 1 aliphatic carbocycles. The number of carbonyl (C=O) groups excluding carboxylic acids is 2. The first-order valence-corrected chi connectivity index (χ1v) is 5.96. The van der Waals surface area contributed by atoms with E-state index in [1.165, 1.54) is 0 Å². The summed E-state index contributed by atoms with van der Waals surface area (Å²) in [5.74, 6) is 0.110. The Labute approximate surface area is 102 Å². The fourth-order valence-electron chi connectivity index (χ4n) is 1.38. The first-order chi connectivity index (χ1) is 8.00. The van der Waals surface area contributed by atoms with Gasteiger partial charge in [-0.2, -0.15) is 5.26 Å². The molecular formula is C12H19N3O2. The van der Waals surface area contributed by atoms with Crippen molar-refractivity contribution < 1.29 is 9.59 Å². The van der Waals surface area contributed by atoms with E-state index in [9.17, 15) is 9.59 Å². The SMILES string of the molecule is CC(C)CNC(=O)CCNC(=O)C1(C#N)CC1. The maximum atomic E-state index is 11.5. The lowest BCUT2D eigenvalue weighted by atomic mass is 10.1. The molecule has 5 nitrogen and oxygen atoms in total. The van der Waals surface area contributed by atoms with Gasteiger partial charge in [-0.15, -0.1) is 0 Å². The Morgan fingerprint density at radius 1 is 1.35 bits per heavy atom. The second kappa shape index (κ2) is 5.67. The van der Waals surface area contributed by atoms with Crippen LogP contribution in [0.15, 0.2) is 0 Å². The van der Waals surface area contributed by atoms with E-state index >= 15 is 0 Å². The van der Waals surface area contributed by atoms with Crippen LogP contribution in [0.25, 0.3) is 0 Å². The molecule has 0 bridgehead atoms. The second-order valence-electron chi connectivity index (χ2n) is 4.90. The van der Waals surface area contributed by atoms with Gasteiger partial charge in [-0.25, -0.2) is 0 Å². The highest BCUT2D eigenvalue weighted by Gasteiger charge is 2.50. The van der Waals surface area contributed by atoms with Gasteiger partial charge in [0.15, 0.2) is 0 Å². The van der Waals surface area contributed by atoms with E-state index in [0.717, 1.165) is 0 Å². The molecule has 0 spiro atoms. The molecule has 2 N–H and O–H groups in total. The lowest BCUT2D eigenvalue weighted by molar-refractivity contribution is -0.124. The van der Waals surface area contributed by atoms with Crippen LogP contribution in [0.5, 0.6) is 0 Å². The van der Waals surface area contributed by atoms with Gasteiger partial charge in [-0.3, -0.25) is 9.59 Å². The summed E-state index contributed by atoms with van der Waals surface area (Å²) in [5.41, 5.74) is -0.797. The van der Waals surface area contributed by atoms with Gasteiger partial charge in [-0.05, 0) is 18.8 Å². The predicted molar refractivity (Wildman–Crippen MR) is 62.8 cm³/mol. The third-order valence-electron chi connectivity index (χ3n) is 2.74. The van der Waals surface area contributed by atoms with E-state index in [2.05, 4.69) is 10.6 Å². The molecule has 5 heteroatoms. The van der Waals surface area contributed by atoms with Crippen LogP contribution in [0, 0.1) is 22.7 Å². The van der Waals surface area contributed by atoms with Crippen molar-refractivity contribution >= 4 is 11.8 Å². The van der Waals surface area contributed by atoms with Gasteiger partial charge in [0.25, 0.3) is 0 Å². The maximum absolute atomic E-state index is 11.5. The van der Waals surface area contributed by atoms with E-state index in [0.29, 0.717) is 31.8 Å². The lowest BCUT2D eigenvalue weighted by Crippen LogP contribution is -2.35. The normalized spacial score (nSPS) is 16.1. The molecule has 17 heavy (non-hydrogen) atoms. The molecule has 0 saturated heterocycles. The van der Waals surface area contributed by atoms with Gasteiger partial charge >= 0.3 is 0 Å². The van der Waals surface area contributed by atoms with E-state index in [4.69, 9.17) is 5.26 Å². The molecule has 94 valence electrons. The Hall–Kier alpha value is -1.57. The number of hydrogen-bond acceptors (Lipinski definition) is 3. The first-order valence-electron chi connectivity index (χ1n) is 5.96. The molecule has 1 fully saturated rings. The summed E-state index contributed by atoms with van der Waals surface area (Å²) in [6.45, 7) is 4.98. The Bertz CT molecular complexity index is 340. The Balaban J connectivity index is 2.14. The summed E-state index contributed by atoms with van der Waals surface area (Å²) >= 11 is 0. The van der Waals surface area contributed by atoms with Gasteiger partial charge in [0, 0.05) is 19.5 Å². The van der Waals surface area contributed by atoms with Gasteiger partial charge < -0.3 is 10.6 Å². The molecule has 0 aliphatic heterocycles. The van der Waals surface area contributed by atoms with Crippen molar-refractivity contribution in [3.63, 3.8) is 0 Å². The summed E-state index contributed by atoms with van der Waals surface area (Å²) in [7, 11) is 0. The highest BCUT2D eigenvalue weighted by molar-refractivity contribution is 5.88. The quantitative estimate of drug-likeness (QED) is 0.708. The Kier molecular flexibility index (Phi) is 4.50. The maximum Gasteiger partial charge on any atom is 0.240 e. The molecule has 0 unspecified atom stereocenters. The van der Waals surface area contributed by atoms with E-state index in [1.54, 1.807) is 0 Å². The van der Waals surface area contributed by atoms with Crippen molar-refractivity contribution in [2.24, 2.45) is 11.3 Å². The van der Waals surface area contributed by atoms with Crippen LogP contribution in [0.4, 0.5) is 0 Å². The standard InChI is InChI=1S/C12H19N3O2/c1-9(2)7-15-10(16)3-6-14-11(17)12(8-13)4-5-12/h9H,3-7H2,1-2H3,(H,14,17)(H,15,16). The Morgan fingerprint density at radius 3 is 2.47 bits per heavy atom. The number of carbonyl (C=O) groups is 2. The first kappa shape index (κ1) is 13.5. The second-order valence-corrected chi connectivity index (χ2v) is 4.90. The fourth-order valence-corrected chi connectivity index (χ4v) is 1.38. The highest BCUT2D eigenvalue weighted by atomic mass is 16.2. The Morgan fingerprint density at radius 2 is 2.00 bits per heavy atom. The van der Waals surface area contributed by atoms with Crippen LogP contribution < -0.4 is 10.6 Å². The minimum Gasteiger partial charge on any atom is -0.356 e. The summed E-state index contributed by atoms with van der Waals surface area (Å²) in [6, 6.07) is 2.02. The summed E-state index contributed by atoms with van der Waals surface area (Å²) in [6.07, 6.45) is 1.53. The van der Waals surface area contributed by atoms with Crippen molar-refractivity contribution in [2.75, 3.05) is 13.1 Å². The van der Waals surface area contributed by atoms with Crippen molar-refractivity contribution in [3.05, 3.63) is 0 Å². The average molecular weight is 237 g/mol. The molecule has 0 atom stereocenters. The van der Waals surface area contributed by atoms with E-state index < -0.39 is 5.41 Å². The minimum atomic E-state index is -0.797. The smallest absolute Gasteiger partial charge is 0.240 e. The average Bonchev–Trinajstić information content (AvgIpc) is 3.07. The topological polar surface area (TPSA) is 82.0 Å². The monoisotopic (exact) mass is 237 g/mol. The van der Waals surface area contributed by atoms with Gasteiger partial charge in [0.05, 0.1) is 6.07 Å². The molecule has 0 radical (unpaired) electrons. The van der Waals surface area contributed by atoms with E-state index in [1.807, 2.05) is 19.9 Å². The van der Waals surface area contributed by atoms with Crippen LogP contribution >= 0.6 is 0 Å². The zero-order chi connectivity index (χ0) is 12.9. The molecule has 0 heterocycles. The number of rotatable bonds is 6. The fraction of sp³-hybridized carbons (Fsp3) is 0.750. The predicted octanol–water partition coefficient (Wildman–Crippen LogP) is 0.569. The molecule has 0 aromatic rings. The third kappa shape index (κ3) is 4.06. The molecule has 0 aromatic carbocycles. The van der Waals surface area contributed by atoms with Gasteiger partial charge in [0.1, 0.15) is 5.41 Å². The third-order valence-corrected chi connectivity index (χ3v) is 2.74. The van der Waals surface area contributed by atoms with Gasteiger partial charge in [0.2, 0.25) is 11.8 Å². The van der Waals surface area contributed by atoms with Gasteiger partial charge in [-0.1, -0.05) is 13.8 Å². The van der Waals surface area contributed by atoms with Crippen molar-refractivity contribution in [1.82, 2.24) is 10.6 Å². The lowest BCUT2D eigenvalue weighted by Gasteiger charge is -2.09. The molecular weight excluding hydrogens is 218 g/mol. The zero-order valence-electron chi connectivity index (χ0n) is 10.4. The van der Waals surface area contributed by atoms with Crippen molar-refractivity contribution in [1.29, 1.82) is 5.26 Å². The largest absolute Gasteiger partial charge is 0.356 e. The summed E-state index contributed by atoms with van der Waals surface area (Å²) < 4.78 is 0. The van der Waals surface area contributed by atoms with Crippen LogP contribution in [0.3, 0.4) is 0 Å². The molecule has 1 rings (SSSR count). The van der Waals surface area contributed by atoms with E-state index in [-0.39, 0.29) is 18.2 Å². The van der Waals surface area contributed by atoms with Crippen molar-refractivity contribution in [2.45, 2.75) is 33.1 Å². The summed E-state index contributed by atoms with van der Waals surface area (Å²) in [5, 5.41) is 14.2. The van der Waals surface area contributed by atoms with Crippen LogP contribution in [0.1, 0.15) is 33.1 Å². The minimum absolute atomic E-state index is 0.0687. The zero-order valence-corrected chi connectivity index (χ0v) is 10.4. The number of nitriles is 1. The molecule has 1 aliphatic rings.